The van der Waals surface area contributed by atoms with E-state index in [2.05, 4.69) is 34.1 Å². The molecule has 0 saturated carbocycles. The van der Waals surface area contributed by atoms with Gasteiger partial charge in [0, 0.05) is 37.1 Å². The number of H-pyrrole nitrogens is 1. The van der Waals surface area contributed by atoms with Crippen LogP contribution in [0.4, 0.5) is 10.1 Å². The van der Waals surface area contributed by atoms with Gasteiger partial charge in [0.25, 0.3) is 5.91 Å². The number of methoxy groups -OCH3 is 2. The van der Waals surface area contributed by atoms with Gasteiger partial charge in [-0.1, -0.05) is 49.4 Å². The second kappa shape index (κ2) is 10.6. The molecule has 0 aliphatic carbocycles. The van der Waals surface area contributed by atoms with E-state index in [1.165, 1.54) is 0 Å². The van der Waals surface area contributed by atoms with Crippen LogP contribution in [0.1, 0.15) is 23.0 Å². The summed E-state index contributed by atoms with van der Waals surface area (Å²) in [5.74, 6) is 1.07. The number of halogens is 1. The van der Waals surface area contributed by atoms with Crippen LogP contribution in [0.25, 0.3) is 32.8 Å². The van der Waals surface area contributed by atoms with Gasteiger partial charge in [0.05, 0.1) is 25.4 Å². The van der Waals surface area contributed by atoms with Gasteiger partial charge in [-0.25, -0.2) is 4.39 Å². The molecule has 2 heterocycles. The van der Waals surface area contributed by atoms with E-state index >= 15 is 4.39 Å². The molecule has 1 fully saturated rings. The quantitative estimate of drug-likeness (QED) is 0.263. The molecule has 5 aromatic rings. The van der Waals surface area contributed by atoms with Crippen LogP contribution in [-0.4, -0.2) is 56.2 Å². The monoisotopic (exact) mass is 537 g/mol. The van der Waals surface area contributed by atoms with Crippen LogP contribution < -0.4 is 14.4 Å². The number of aromatic nitrogens is 1. The third-order valence-electron chi connectivity index (χ3n) is 7.89. The Morgan fingerprint density at radius 3 is 2.23 bits per heavy atom. The lowest BCUT2D eigenvalue weighted by Gasteiger charge is -2.36. The summed E-state index contributed by atoms with van der Waals surface area (Å²) >= 11 is 0. The van der Waals surface area contributed by atoms with Crippen molar-refractivity contribution in [1.29, 1.82) is 0 Å². The minimum atomic E-state index is -0.316. The van der Waals surface area contributed by atoms with E-state index in [1.54, 1.807) is 20.3 Å². The lowest BCUT2D eigenvalue weighted by atomic mass is 9.96. The molecule has 0 unspecified atom stereocenters. The van der Waals surface area contributed by atoms with E-state index in [0.29, 0.717) is 60.5 Å². The average molecular weight is 538 g/mol. The molecular formula is C33H32FN3O3. The third-order valence-corrected chi connectivity index (χ3v) is 7.89. The maximum Gasteiger partial charge on any atom is 0.270 e. The first-order valence-electron chi connectivity index (χ1n) is 13.6. The summed E-state index contributed by atoms with van der Waals surface area (Å²) in [6.45, 7) is 4.36. The number of amides is 1. The number of para-hydroxylation sites is 1. The van der Waals surface area contributed by atoms with Crippen LogP contribution in [0.2, 0.25) is 0 Å². The highest BCUT2D eigenvalue weighted by molar-refractivity contribution is 6.04. The molecule has 204 valence electrons. The average Bonchev–Trinajstić information content (AvgIpc) is 3.46. The fourth-order valence-electron chi connectivity index (χ4n) is 5.72. The predicted octanol–water partition coefficient (Wildman–Crippen LogP) is 6.67. The number of nitrogens with zero attached hydrogens (tertiary/aromatic N) is 2. The second-order valence-corrected chi connectivity index (χ2v) is 10.1. The molecule has 1 amide bonds. The van der Waals surface area contributed by atoms with Crippen molar-refractivity contribution in [2.24, 2.45) is 0 Å². The number of hydrogen-bond donors (Lipinski definition) is 1. The number of piperazine rings is 1. The Balaban J connectivity index is 1.29. The zero-order valence-corrected chi connectivity index (χ0v) is 23.0. The van der Waals surface area contributed by atoms with E-state index in [0.717, 1.165) is 33.3 Å². The van der Waals surface area contributed by atoms with Gasteiger partial charge in [0.2, 0.25) is 0 Å². The number of ether oxygens (including phenoxy) is 2. The molecule has 0 radical (unpaired) electrons. The van der Waals surface area contributed by atoms with Crippen molar-refractivity contribution in [2.45, 2.75) is 13.3 Å². The van der Waals surface area contributed by atoms with E-state index in [1.807, 2.05) is 54.3 Å². The second-order valence-electron chi connectivity index (χ2n) is 10.1. The number of benzene rings is 4. The molecule has 0 atom stereocenters. The number of hydrogen-bond acceptors (Lipinski definition) is 4. The topological polar surface area (TPSA) is 57.8 Å². The normalized spacial score (nSPS) is 13.7. The van der Waals surface area contributed by atoms with Crippen LogP contribution >= 0.6 is 0 Å². The molecule has 1 aliphatic heterocycles. The summed E-state index contributed by atoms with van der Waals surface area (Å²) in [5.41, 5.74) is 4.05. The number of anilines is 1. The summed E-state index contributed by atoms with van der Waals surface area (Å²) < 4.78 is 26.8. The summed E-state index contributed by atoms with van der Waals surface area (Å²) in [6, 6.07) is 23.8. The number of aryl methyl sites for hydroxylation is 1. The van der Waals surface area contributed by atoms with Crippen molar-refractivity contribution < 1.29 is 18.7 Å². The Labute approximate surface area is 232 Å². The molecule has 4 aromatic carbocycles. The molecule has 0 spiro atoms. The smallest absolute Gasteiger partial charge is 0.270 e. The van der Waals surface area contributed by atoms with Gasteiger partial charge in [0.15, 0.2) is 0 Å². The van der Waals surface area contributed by atoms with Gasteiger partial charge in [-0.3, -0.25) is 4.79 Å². The molecule has 1 N–H and O–H groups in total. The van der Waals surface area contributed by atoms with Crippen LogP contribution in [0.15, 0.2) is 72.8 Å². The largest absolute Gasteiger partial charge is 0.496 e. The standard InChI is InChI=1S/C33H32FN3O3/c1-4-21-17-25(24-11-7-8-12-29(24)39-2)26-20-27(35-32(26)31(21)34)33(38)37-15-13-36(14-16-37)28-18-22-9-5-6-10-23(22)19-30(28)40-3/h5-12,17-20,35H,4,13-16H2,1-3H3. The van der Waals surface area contributed by atoms with E-state index in [9.17, 15) is 4.79 Å². The summed E-state index contributed by atoms with van der Waals surface area (Å²) in [4.78, 5) is 20.9. The fourth-order valence-corrected chi connectivity index (χ4v) is 5.72. The predicted molar refractivity (Wildman–Crippen MR) is 158 cm³/mol. The Morgan fingerprint density at radius 2 is 1.52 bits per heavy atom. The minimum absolute atomic E-state index is 0.134. The van der Waals surface area contributed by atoms with E-state index in [-0.39, 0.29) is 11.7 Å². The fraction of sp³-hybridized carbons (Fsp3) is 0.242. The SMILES string of the molecule is CCc1cc(-c2ccccc2OC)c2cc(C(=O)N3CCN(c4cc5ccccc5cc4OC)CC3)[nH]c2c1F. The molecule has 6 rings (SSSR count). The highest BCUT2D eigenvalue weighted by atomic mass is 19.1. The molecule has 1 saturated heterocycles. The molecule has 40 heavy (non-hydrogen) atoms. The minimum Gasteiger partial charge on any atom is -0.496 e. The summed E-state index contributed by atoms with van der Waals surface area (Å²) in [7, 11) is 3.31. The summed E-state index contributed by atoms with van der Waals surface area (Å²) in [5, 5.41) is 2.94. The molecule has 6 nitrogen and oxygen atoms in total. The van der Waals surface area contributed by atoms with Gasteiger partial charge >= 0.3 is 0 Å². The maximum atomic E-state index is 15.5. The lowest BCUT2D eigenvalue weighted by molar-refractivity contribution is 0.0741. The van der Waals surface area contributed by atoms with Gasteiger partial charge in [-0.15, -0.1) is 0 Å². The van der Waals surface area contributed by atoms with E-state index in [4.69, 9.17) is 9.47 Å². The first-order valence-corrected chi connectivity index (χ1v) is 13.6. The van der Waals surface area contributed by atoms with Crippen LogP contribution in [0.3, 0.4) is 0 Å². The Morgan fingerprint density at radius 1 is 0.850 bits per heavy atom. The number of carbonyl (C=O) groups excluding carboxylic acids is 1. The number of fused-ring (bicyclic) bond motifs is 2. The van der Waals surface area contributed by atoms with Crippen molar-refractivity contribution >= 4 is 33.3 Å². The number of rotatable bonds is 6. The number of carbonyl (C=O) groups is 1. The van der Waals surface area contributed by atoms with Crippen molar-refractivity contribution in [2.75, 3.05) is 45.3 Å². The Kier molecular flexibility index (Phi) is 6.80. The third kappa shape index (κ3) is 4.41. The first-order chi connectivity index (χ1) is 19.5. The Bertz CT molecular complexity index is 1720. The summed E-state index contributed by atoms with van der Waals surface area (Å²) in [6.07, 6.45) is 0.534. The van der Waals surface area contributed by atoms with Crippen molar-refractivity contribution in [3.05, 3.63) is 89.9 Å². The highest BCUT2D eigenvalue weighted by Gasteiger charge is 2.27. The van der Waals surface area contributed by atoms with Gasteiger partial charge < -0.3 is 24.3 Å². The highest BCUT2D eigenvalue weighted by Crippen LogP contribution is 2.38. The molecular weight excluding hydrogens is 505 g/mol. The first kappa shape index (κ1) is 25.7. The van der Waals surface area contributed by atoms with Crippen LogP contribution in [0.5, 0.6) is 11.5 Å². The van der Waals surface area contributed by atoms with Gasteiger partial charge in [0.1, 0.15) is 23.0 Å². The molecule has 0 bridgehead atoms. The van der Waals surface area contributed by atoms with Crippen molar-refractivity contribution in [3.8, 4) is 22.6 Å². The van der Waals surface area contributed by atoms with Crippen LogP contribution in [0, 0.1) is 5.82 Å². The molecule has 1 aromatic heterocycles. The molecule has 7 heteroatoms. The van der Waals surface area contributed by atoms with Crippen LogP contribution in [-0.2, 0) is 6.42 Å². The lowest BCUT2D eigenvalue weighted by Crippen LogP contribution is -2.49. The zero-order valence-electron chi connectivity index (χ0n) is 23.0. The maximum absolute atomic E-state index is 15.5. The number of nitrogens with one attached hydrogen (secondary N) is 1. The van der Waals surface area contributed by atoms with Crippen molar-refractivity contribution in [1.82, 2.24) is 9.88 Å². The van der Waals surface area contributed by atoms with E-state index < -0.39 is 0 Å². The van der Waals surface area contributed by atoms with Gasteiger partial charge in [-0.2, -0.15) is 0 Å². The van der Waals surface area contributed by atoms with Crippen molar-refractivity contribution in [3.63, 3.8) is 0 Å². The molecule has 1 aliphatic rings. The zero-order chi connectivity index (χ0) is 27.8. The number of aromatic amines is 1. The van der Waals surface area contributed by atoms with Gasteiger partial charge in [-0.05, 0) is 58.7 Å². The Hall–Kier alpha value is -4.52.